The third-order valence-electron chi connectivity index (χ3n) is 5.08. The fourth-order valence-corrected chi connectivity index (χ4v) is 5.05. The summed E-state index contributed by atoms with van der Waals surface area (Å²) in [5.41, 5.74) is 2.97. The van der Waals surface area contributed by atoms with Crippen molar-refractivity contribution in [2.45, 2.75) is 37.0 Å². The number of hydrazine groups is 1. The Morgan fingerprint density at radius 2 is 1.77 bits per heavy atom. The number of nitrogens with zero attached hydrogens (tertiary/aromatic N) is 2. The van der Waals surface area contributed by atoms with Crippen molar-refractivity contribution in [1.82, 2.24) is 14.7 Å². The zero-order valence-electron chi connectivity index (χ0n) is 15.2. The standard InChI is InChI=1S/C18H27N3O4S/c1-25-16-7-9-17(10-8-16)26(23,24)21-13-5-6-15(14-21)18(22)19-20-11-3-2-4-12-20/h7-10,15H,2-6,11-14H2,1H3,(H,19,22)/t15-/m1/s1. The number of sulfonamides is 1. The topological polar surface area (TPSA) is 79.0 Å². The van der Waals surface area contributed by atoms with Gasteiger partial charge in [-0.3, -0.25) is 10.2 Å². The summed E-state index contributed by atoms with van der Waals surface area (Å²) < 4.78 is 32.3. The fraction of sp³-hybridized carbons (Fsp3) is 0.611. The summed E-state index contributed by atoms with van der Waals surface area (Å²) in [7, 11) is -2.06. The van der Waals surface area contributed by atoms with E-state index in [0.29, 0.717) is 25.1 Å². The average molecular weight is 381 g/mol. The largest absolute Gasteiger partial charge is 0.497 e. The van der Waals surface area contributed by atoms with Crippen LogP contribution in [-0.4, -0.2) is 56.9 Å². The Morgan fingerprint density at radius 1 is 1.08 bits per heavy atom. The fourth-order valence-electron chi connectivity index (χ4n) is 3.52. The van der Waals surface area contributed by atoms with Crippen LogP contribution in [0.2, 0.25) is 0 Å². The molecule has 0 bridgehead atoms. The number of carbonyl (C=O) groups is 1. The van der Waals surface area contributed by atoms with Crippen LogP contribution in [0.4, 0.5) is 0 Å². The van der Waals surface area contributed by atoms with Crippen LogP contribution in [-0.2, 0) is 14.8 Å². The highest BCUT2D eigenvalue weighted by Gasteiger charge is 2.33. The Labute approximate surface area is 155 Å². The molecule has 0 spiro atoms. The Kier molecular flexibility index (Phi) is 6.16. The van der Waals surface area contributed by atoms with Crippen LogP contribution in [0.5, 0.6) is 5.75 Å². The monoisotopic (exact) mass is 381 g/mol. The highest BCUT2D eigenvalue weighted by molar-refractivity contribution is 7.89. The SMILES string of the molecule is COc1ccc(S(=O)(=O)N2CCC[C@@H](C(=O)NN3CCCCC3)C2)cc1. The molecule has 0 radical (unpaired) electrons. The number of hydrogen-bond donors (Lipinski definition) is 1. The van der Waals surface area contributed by atoms with E-state index in [2.05, 4.69) is 5.43 Å². The van der Waals surface area contributed by atoms with Gasteiger partial charge in [0.25, 0.3) is 0 Å². The van der Waals surface area contributed by atoms with Crippen LogP contribution < -0.4 is 10.2 Å². The molecule has 7 nitrogen and oxygen atoms in total. The van der Waals surface area contributed by atoms with Gasteiger partial charge in [-0.15, -0.1) is 0 Å². The summed E-state index contributed by atoms with van der Waals surface area (Å²) in [6.07, 6.45) is 4.78. The second kappa shape index (κ2) is 8.37. The first-order chi connectivity index (χ1) is 12.5. The number of piperidine rings is 2. The predicted molar refractivity (Wildman–Crippen MR) is 98.0 cm³/mol. The Morgan fingerprint density at radius 3 is 2.42 bits per heavy atom. The van der Waals surface area contributed by atoms with E-state index in [-0.39, 0.29) is 23.3 Å². The van der Waals surface area contributed by atoms with Crippen molar-refractivity contribution in [2.75, 3.05) is 33.3 Å². The van der Waals surface area contributed by atoms with Gasteiger partial charge in [0.15, 0.2) is 0 Å². The van der Waals surface area contributed by atoms with Gasteiger partial charge < -0.3 is 4.74 Å². The maximum atomic E-state index is 12.9. The molecule has 1 aromatic rings. The van der Waals surface area contributed by atoms with Gasteiger partial charge in [0.2, 0.25) is 15.9 Å². The molecule has 1 amide bonds. The maximum Gasteiger partial charge on any atom is 0.243 e. The van der Waals surface area contributed by atoms with Crippen LogP contribution in [0.15, 0.2) is 29.2 Å². The molecule has 26 heavy (non-hydrogen) atoms. The average Bonchev–Trinajstić information content (AvgIpc) is 2.69. The number of amides is 1. The molecule has 2 aliphatic rings. The van der Waals surface area contributed by atoms with Crippen molar-refractivity contribution < 1.29 is 17.9 Å². The minimum atomic E-state index is -3.60. The third kappa shape index (κ3) is 4.36. The first-order valence-corrected chi connectivity index (χ1v) is 10.6. The minimum absolute atomic E-state index is 0.0680. The van der Waals surface area contributed by atoms with Crippen LogP contribution in [0.3, 0.4) is 0 Å². The molecule has 144 valence electrons. The molecule has 0 aliphatic carbocycles. The minimum Gasteiger partial charge on any atom is -0.497 e. The molecule has 0 aromatic heterocycles. The summed E-state index contributed by atoms with van der Waals surface area (Å²) in [4.78, 5) is 12.8. The van der Waals surface area contributed by atoms with Crippen LogP contribution in [0.25, 0.3) is 0 Å². The van der Waals surface area contributed by atoms with E-state index in [4.69, 9.17) is 4.74 Å². The van der Waals surface area contributed by atoms with Gasteiger partial charge in [-0.1, -0.05) is 6.42 Å². The number of carbonyl (C=O) groups excluding carboxylic acids is 1. The van der Waals surface area contributed by atoms with Crippen LogP contribution in [0, 0.1) is 5.92 Å². The first-order valence-electron chi connectivity index (χ1n) is 9.20. The third-order valence-corrected chi connectivity index (χ3v) is 6.96. The molecule has 8 heteroatoms. The number of benzene rings is 1. The van der Waals surface area contributed by atoms with Gasteiger partial charge in [0.05, 0.1) is 17.9 Å². The van der Waals surface area contributed by atoms with Crippen molar-refractivity contribution in [1.29, 1.82) is 0 Å². The van der Waals surface area contributed by atoms with E-state index in [1.54, 1.807) is 31.4 Å². The highest BCUT2D eigenvalue weighted by atomic mass is 32.2. The lowest BCUT2D eigenvalue weighted by atomic mass is 9.99. The van der Waals surface area contributed by atoms with Crippen molar-refractivity contribution in [3.63, 3.8) is 0 Å². The molecule has 2 heterocycles. The lowest BCUT2D eigenvalue weighted by Gasteiger charge is -2.33. The van der Waals surface area contributed by atoms with E-state index < -0.39 is 10.0 Å². The summed E-state index contributed by atoms with van der Waals surface area (Å²) in [6.45, 7) is 2.41. The Balaban J connectivity index is 1.65. The van der Waals surface area contributed by atoms with Gasteiger partial charge in [0.1, 0.15) is 5.75 Å². The molecule has 3 rings (SSSR count). The van der Waals surface area contributed by atoms with Crippen LogP contribution in [0.1, 0.15) is 32.1 Å². The molecule has 0 unspecified atom stereocenters. The second-order valence-corrected chi connectivity index (χ2v) is 8.84. The van der Waals surface area contributed by atoms with Gasteiger partial charge in [0, 0.05) is 26.2 Å². The van der Waals surface area contributed by atoms with Gasteiger partial charge in [-0.25, -0.2) is 13.4 Å². The highest BCUT2D eigenvalue weighted by Crippen LogP contribution is 2.25. The zero-order valence-corrected chi connectivity index (χ0v) is 16.0. The van der Waals surface area contributed by atoms with Gasteiger partial charge in [-0.2, -0.15) is 4.31 Å². The summed E-state index contributed by atoms with van der Waals surface area (Å²) in [6, 6.07) is 6.37. The van der Waals surface area contributed by atoms with Crippen molar-refractivity contribution in [3.8, 4) is 5.75 Å². The van der Waals surface area contributed by atoms with Gasteiger partial charge in [-0.05, 0) is 49.9 Å². The molecule has 1 N–H and O–H groups in total. The zero-order chi connectivity index (χ0) is 18.6. The van der Waals surface area contributed by atoms with E-state index in [9.17, 15) is 13.2 Å². The lowest BCUT2D eigenvalue weighted by molar-refractivity contribution is -0.131. The van der Waals surface area contributed by atoms with E-state index >= 15 is 0 Å². The molecule has 1 atom stereocenters. The lowest BCUT2D eigenvalue weighted by Crippen LogP contribution is -2.51. The van der Waals surface area contributed by atoms with Crippen molar-refractivity contribution in [2.24, 2.45) is 5.92 Å². The Hall–Kier alpha value is -1.64. The summed E-state index contributed by atoms with van der Waals surface area (Å²) in [5, 5.41) is 1.96. The smallest absolute Gasteiger partial charge is 0.243 e. The number of nitrogens with one attached hydrogen (secondary N) is 1. The maximum absolute atomic E-state index is 12.9. The normalized spacial score (nSPS) is 22.7. The number of ether oxygens (including phenoxy) is 1. The van der Waals surface area contributed by atoms with E-state index in [1.807, 2.05) is 5.01 Å². The molecular formula is C18H27N3O4S. The number of hydrogen-bond acceptors (Lipinski definition) is 5. The predicted octanol–water partition coefficient (Wildman–Crippen LogP) is 1.61. The van der Waals surface area contributed by atoms with Crippen molar-refractivity contribution in [3.05, 3.63) is 24.3 Å². The molecule has 1 aromatic carbocycles. The molecule has 2 fully saturated rings. The van der Waals surface area contributed by atoms with Crippen LogP contribution >= 0.6 is 0 Å². The molecular weight excluding hydrogens is 354 g/mol. The second-order valence-electron chi connectivity index (χ2n) is 6.90. The number of rotatable bonds is 5. The van der Waals surface area contributed by atoms with Crippen molar-refractivity contribution >= 4 is 15.9 Å². The molecule has 2 aliphatic heterocycles. The Bertz CT molecular complexity index is 714. The molecule has 2 saturated heterocycles. The van der Waals surface area contributed by atoms with E-state index in [1.165, 1.54) is 10.7 Å². The molecule has 0 saturated carbocycles. The van der Waals surface area contributed by atoms with Gasteiger partial charge >= 0.3 is 0 Å². The quantitative estimate of drug-likeness (QED) is 0.838. The van der Waals surface area contributed by atoms with E-state index in [0.717, 1.165) is 25.9 Å². The summed E-state index contributed by atoms with van der Waals surface area (Å²) in [5.74, 6) is 0.238. The number of methoxy groups -OCH3 is 1. The first kappa shape index (κ1) is 19.1. The summed E-state index contributed by atoms with van der Waals surface area (Å²) >= 11 is 0.